The first kappa shape index (κ1) is 10.7. The molecule has 0 spiro atoms. The van der Waals surface area contributed by atoms with Crippen molar-refractivity contribution >= 4 is 5.97 Å². The van der Waals surface area contributed by atoms with Gasteiger partial charge < -0.3 is 9.47 Å². The third-order valence-corrected chi connectivity index (χ3v) is 1.69. The number of rotatable bonds is 3. The average molecular weight is 194 g/mol. The molecule has 1 rings (SSSR count). The molecule has 0 aliphatic heterocycles. The molecule has 0 saturated heterocycles. The fraction of sp³-hybridized carbons (Fsp3) is 0.364. The van der Waals surface area contributed by atoms with Crippen LogP contribution < -0.4 is 4.74 Å². The number of esters is 1. The minimum atomic E-state index is -0.377. The van der Waals surface area contributed by atoms with Gasteiger partial charge in [0.05, 0.1) is 0 Å². The number of ether oxygens (including phenoxy) is 2. The Hall–Kier alpha value is -1.35. The Balaban J connectivity index is 2.71. The summed E-state index contributed by atoms with van der Waals surface area (Å²) in [4.78, 5) is 11.1. The fourth-order valence-electron chi connectivity index (χ4n) is 1.27. The number of methoxy groups -OCH3 is 1. The lowest BCUT2D eigenvalue weighted by Crippen LogP contribution is -2.14. The van der Waals surface area contributed by atoms with Gasteiger partial charge in [0.25, 0.3) is 0 Å². The molecule has 3 nitrogen and oxygen atoms in total. The molecule has 1 aromatic carbocycles. The average Bonchev–Trinajstić information content (AvgIpc) is 2.01. The highest BCUT2D eigenvalue weighted by Gasteiger charge is 2.04. The first-order chi connectivity index (χ1) is 6.61. The first-order valence-electron chi connectivity index (χ1n) is 4.39. The van der Waals surface area contributed by atoms with Gasteiger partial charge >= 0.3 is 5.97 Å². The molecule has 0 aromatic heterocycles. The number of aryl methyl sites for hydroxylation is 2. The van der Waals surface area contributed by atoms with Crippen LogP contribution in [-0.2, 0) is 9.53 Å². The maximum Gasteiger partial charge on any atom is 0.337 e. The Bertz CT molecular complexity index is 311. The molecule has 0 heterocycles. The first-order valence-corrected chi connectivity index (χ1v) is 4.39. The third kappa shape index (κ3) is 3.18. The Labute approximate surface area is 83.6 Å². The van der Waals surface area contributed by atoms with Crippen molar-refractivity contribution < 1.29 is 14.3 Å². The van der Waals surface area contributed by atoms with Gasteiger partial charge in [-0.25, -0.2) is 4.79 Å². The van der Waals surface area contributed by atoms with E-state index < -0.39 is 0 Å². The number of carbonyl (C=O) groups excluding carboxylic acids is 1. The quantitative estimate of drug-likeness (QED) is 0.544. The molecule has 0 radical (unpaired) electrons. The van der Waals surface area contributed by atoms with Gasteiger partial charge in [-0.2, -0.15) is 0 Å². The summed E-state index contributed by atoms with van der Waals surface area (Å²) in [6.45, 7) is 3.90. The Kier molecular flexibility index (Phi) is 3.65. The normalized spacial score (nSPS) is 9.93. The Morgan fingerprint density at radius 3 is 2.29 bits per heavy atom. The van der Waals surface area contributed by atoms with Crippen molar-refractivity contribution in [3.63, 3.8) is 0 Å². The minimum Gasteiger partial charge on any atom is -0.425 e. The predicted molar refractivity (Wildman–Crippen MR) is 53.4 cm³/mol. The Morgan fingerprint density at radius 1 is 1.21 bits per heavy atom. The lowest BCUT2D eigenvalue weighted by atomic mass is 10.1. The van der Waals surface area contributed by atoms with Crippen LogP contribution in [0.2, 0.25) is 0 Å². The van der Waals surface area contributed by atoms with Gasteiger partial charge in [-0.05, 0) is 37.1 Å². The second-order valence-corrected chi connectivity index (χ2v) is 3.23. The number of hydrogen-bond acceptors (Lipinski definition) is 3. The topological polar surface area (TPSA) is 35.5 Å². The van der Waals surface area contributed by atoms with E-state index in [-0.39, 0.29) is 12.6 Å². The standard InChI is InChI=1S/C11H14O3/c1-8-4-9(2)6-10(5-8)14-11(12)7-13-3/h4-6H,7H2,1-3H3. The van der Waals surface area contributed by atoms with Crippen LogP contribution in [0.1, 0.15) is 11.1 Å². The van der Waals surface area contributed by atoms with Gasteiger partial charge in [0.15, 0.2) is 0 Å². The van der Waals surface area contributed by atoms with Gasteiger partial charge in [-0.3, -0.25) is 0 Å². The van der Waals surface area contributed by atoms with Crippen molar-refractivity contribution in [3.8, 4) is 5.75 Å². The highest BCUT2D eigenvalue weighted by molar-refractivity contribution is 5.73. The van der Waals surface area contributed by atoms with Crippen molar-refractivity contribution in [1.82, 2.24) is 0 Å². The number of hydrogen-bond donors (Lipinski definition) is 0. The summed E-state index contributed by atoms with van der Waals surface area (Å²) in [7, 11) is 1.46. The summed E-state index contributed by atoms with van der Waals surface area (Å²) in [5.74, 6) is 0.196. The van der Waals surface area contributed by atoms with E-state index in [2.05, 4.69) is 4.74 Å². The molecule has 3 heteroatoms. The van der Waals surface area contributed by atoms with E-state index in [1.54, 1.807) is 0 Å². The molecule has 0 amide bonds. The molecule has 1 aromatic rings. The predicted octanol–water partition coefficient (Wildman–Crippen LogP) is 1.86. The summed E-state index contributed by atoms with van der Waals surface area (Å²) in [6, 6.07) is 5.66. The molecule has 0 N–H and O–H groups in total. The van der Waals surface area contributed by atoms with Crippen molar-refractivity contribution in [2.45, 2.75) is 13.8 Å². The summed E-state index contributed by atoms with van der Waals surface area (Å²) in [5.41, 5.74) is 2.15. The molecule has 0 bridgehead atoms. The van der Waals surface area contributed by atoms with E-state index in [1.807, 2.05) is 32.0 Å². The minimum absolute atomic E-state index is 0.0208. The molecule has 0 aliphatic carbocycles. The summed E-state index contributed by atoms with van der Waals surface area (Å²) in [5, 5.41) is 0. The Morgan fingerprint density at radius 2 is 1.79 bits per heavy atom. The molecular formula is C11H14O3. The van der Waals surface area contributed by atoms with Crippen LogP contribution in [0.25, 0.3) is 0 Å². The van der Waals surface area contributed by atoms with Gasteiger partial charge in [0, 0.05) is 7.11 Å². The van der Waals surface area contributed by atoms with Gasteiger partial charge in [0.1, 0.15) is 12.4 Å². The van der Waals surface area contributed by atoms with E-state index in [4.69, 9.17) is 4.74 Å². The molecule has 0 atom stereocenters. The van der Waals surface area contributed by atoms with E-state index >= 15 is 0 Å². The van der Waals surface area contributed by atoms with Crippen molar-refractivity contribution in [3.05, 3.63) is 29.3 Å². The van der Waals surface area contributed by atoms with Crippen LogP contribution in [0.15, 0.2) is 18.2 Å². The van der Waals surface area contributed by atoms with Crippen LogP contribution in [-0.4, -0.2) is 19.7 Å². The van der Waals surface area contributed by atoms with Crippen LogP contribution in [0, 0.1) is 13.8 Å². The highest BCUT2D eigenvalue weighted by atomic mass is 16.6. The number of carbonyl (C=O) groups is 1. The monoisotopic (exact) mass is 194 g/mol. The van der Waals surface area contributed by atoms with Gasteiger partial charge in [-0.1, -0.05) is 6.07 Å². The summed E-state index contributed by atoms with van der Waals surface area (Å²) < 4.78 is 9.71. The lowest BCUT2D eigenvalue weighted by Gasteiger charge is -2.05. The molecule has 0 unspecified atom stereocenters. The highest BCUT2D eigenvalue weighted by Crippen LogP contribution is 2.16. The van der Waals surface area contributed by atoms with E-state index in [1.165, 1.54) is 7.11 Å². The zero-order chi connectivity index (χ0) is 10.6. The zero-order valence-corrected chi connectivity index (χ0v) is 8.66. The number of benzene rings is 1. The lowest BCUT2D eigenvalue weighted by molar-refractivity contribution is -0.138. The maximum atomic E-state index is 11.1. The van der Waals surface area contributed by atoms with Crippen LogP contribution in [0.3, 0.4) is 0 Å². The van der Waals surface area contributed by atoms with E-state index in [0.29, 0.717) is 5.75 Å². The zero-order valence-electron chi connectivity index (χ0n) is 8.66. The molecule has 0 aliphatic rings. The SMILES string of the molecule is COCC(=O)Oc1cc(C)cc(C)c1. The van der Waals surface area contributed by atoms with Crippen molar-refractivity contribution in [1.29, 1.82) is 0 Å². The van der Waals surface area contributed by atoms with Gasteiger partial charge in [0.2, 0.25) is 0 Å². The second kappa shape index (κ2) is 4.77. The molecule has 0 saturated carbocycles. The summed E-state index contributed by atoms with van der Waals surface area (Å²) >= 11 is 0. The molecule has 76 valence electrons. The van der Waals surface area contributed by atoms with Gasteiger partial charge in [-0.15, -0.1) is 0 Å². The molecular weight excluding hydrogens is 180 g/mol. The largest absolute Gasteiger partial charge is 0.425 e. The fourth-order valence-corrected chi connectivity index (χ4v) is 1.27. The van der Waals surface area contributed by atoms with Crippen LogP contribution in [0.4, 0.5) is 0 Å². The second-order valence-electron chi connectivity index (χ2n) is 3.23. The third-order valence-electron chi connectivity index (χ3n) is 1.69. The van der Waals surface area contributed by atoms with E-state index in [0.717, 1.165) is 11.1 Å². The van der Waals surface area contributed by atoms with Crippen molar-refractivity contribution in [2.24, 2.45) is 0 Å². The smallest absolute Gasteiger partial charge is 0.337 e. The maximum absolute atomic E-state index is 11.1. The van der Waals surface area contributed by atoms with Crippen LogP contribution in [0.5, 0.6) is 5.75 Å². The molecule has 0 fully saturated rings. The van der Waals surface area contributed by atoms with Crippen molar-refractivity contribution in [2.75, 3.05) is 13.7 Å². The molecule has 14 heavy (non-hydrogen) atoms. The van der Waals surface area contributed by atoms with E-state index in [9.17, 15) is 4.79 Å². The summed E-state index contributed by atoms with van der Waals surface area (Å²) in [6.07, 6.45) is 0. The van der Waals surface area contributed by atoms with Crippen LogP contribution >= 0.6 is 0 Å².